The second-order valence-corrected chi connectivity index (χ2v) is 10.4. The molecule has 1 aliphatic rings. The number of halogens is 1. The Kier molecular flexibility index (Phi) is 6.68. The number of nitrogens with zero attached hydrogens (tertiary/aromatic N) is 1. The highest BCUT2D eigenvalue weighted by atomic mass is 79.9. The smallest absolute Gasteiger partial charge is 0.375 e. The molecule has 1 aromatic carbocycles. The van der Waals surface area contributed by atoms with Crippen molar-refractivity contribution in [2.75, 3.05) is 24.7 Å². The molecule has 2 aromatic rings. The summed E-state index contributed by atoms with van der Waals surface area (Å²) in [7, 11) is -3.12. The molecular formula is C20H24BrNO6S. The molecule has 1 aromatic heterocycles. The van der Waals surface area contributed by atoms with Crippen LogP contribution in [0, 0.1) is 6.92 Å². The fraction of sp³-hybridized carbons (Fsp3) is 0.500. The van der Waals surface area contributed by atoms with Crippen LogP contribution < -0.4 is 0 Å². The number of rotatable bonds is 7. The summed E-state index contributed by atoms with van der Waals surface area (Å²) in [5, 5.41) is 0.790. The van der Waals surface area contributed by atoms with Crippen LogP contribution in [0.25, 0.3) is 11.0 Å². The van der Waals surface area contributed by atoms with Crippen molar-refractivity contribution in [3.05, 3.63) is 34.0 Å². The van der Waals surface area contributed by atoms with Crippen molar-refractivity contribution in [2.24, 2.45) is 0 Å². The van der Waals surface area contributed by atoms with Gasteiger partial charge in [-0.2, -0.15) is 0 Å². The lowest BCUT2D eigenvalue weighted by atomic mass is 10.1. The minimum absolute atomic E-state index is 0.0338. The van der Waals surface area contributed by atoms with Crippen LogP contribution >= 0.6 is 15.9 Å². The van der Waals surface area contributed by atoms with Gasteiger partial charge in [0.25, 0.3) is 5.91 Å². The number of hydrogen-bond acceptors (Lipinski definition) is 6. The molecule has 7 nitrogen and oxygen atoms in total. The van der Waals surface area contributed by atoms with Gasteiger partial charge in [-0.25, -0.2) is 13.2 Å². The van der Waals surface area contributed by atoms with Gasteiger partial charge in [0.2, 0.25) is 5.76 Å². The Hall–Kier alpha value is -1.87. The molecule has 1 saturated heterocycles. The van der Waals surface area contributed by atoms with Gasteiger partial charge in [-0.05, 0) is 38.0 Å². The first-order valence-electron chi connectivity index (χ1n) is 9.57. The van der Waals surface area contributed by atoms with Crippen molar-refractivity contribution >= 4 is 48.6 Å². The number of esters is 1. The summed E-state index contributed by atoms with van der Waals surface area (Å²) >= 11 is 3.39. The average molecular weight is 486 g/mol. The molecule has 1 atom stereocenters. The largest absolute Gasteiger partial charge is 0.450 e. The number of aryl methyl sites for hydroxylation is 1. The summed E-state index contributed by atoms with van der Waals surface area (Å²) in [5.41, 5.74) is 1.20. The number of benzene rings is 1. The molecule has 0 N–H and O–H groups in total. The van der Waals surface area contributed by atoms with E-state index in [4.69, 9.17) is 9.15 Å². The predicted molar refractivity (Wildman–Crippen MR) is 113 cm³/mol. The minimum atomic E-state index is -3.12. The molecule has 1 amide bonds. The molecule has 1 aliphatic heterocycles. The van der Waals surface area contributed by atoms with E-state index in [2.05, 4.69) is 15.9 Å². The standard InChI is InChI=1S/C20H24BrNO6S/c1-3-4-8-22(15-7-9-29(25,26)12-15)18(23)11-27-20(24)19-13(2)16-10-14(21)5-6-17(16)28-19/h5-6,10,15H,3-4,7-9,11-12H2,1-2H3. The van der Waals surface area contributed by atoms with E-state index < -0.39 is 22.4 Å². The number of fused-ring (bicyclic) bond motifs is 1. The third kappa shape index (κ3) is 5.01. The number of ether oxygens (including phenoxy) is 1. The van der Waals surface area contributed by atoms with Crippen molar-refractivity contribution < 1.29 is 27.2 Å². The van der Waals surface area contributed by atoms with Crippen LogP contribution in [0.3, 0.4) is 0 Å². The number of furan rings is 1. The van der Waals surface area contributed by atoms with Gasteiger partial charge in [0.05, 0.1) is 11.5 Å². The number of amides is 1. The van der Waals surface area contributed by atoms with E-state index >= 15 is 0 Å². The lowest BCUT2D eigenvalue weighted by molar-refractivity contribution is -0.136. The fourth-order valence-electron chi connectivity index (χ4n) is 3.52. The van der Waals surface area contributed by atoms with E-state index in [0.717, 1.165) is 22.7 Å². The van der Waals surface area contributed by atoms with Crippen LogP contribution in [-0.4, -0.2) is 55.9 Å². The molecule has 1 unspecified atom stereocenters. The minimum Gasteiger partial charge on any atom is -0.450 e. The maximum Gasteiger partial charge on any atom is 0.375 e. The summed E-state index contributed by atoms with van der Waals surface area (Å²) in [6, 6.07) is 5.05. The molecule has 0 saturated carbocycles. The first kappa shape index (κ1) is 21.8. The van der Waals surface area contributed by atoms with Crippen LogP contribution in [0.1, 0.15) is 42.3 Å². The molecular weight excluding hydrogens is 462 g/mol. The van der Waals surface area contributed by atoms with E-state index in [0.29, 0.717) is 24.1 Å². The Labute approximate surface area is 178 Å². The van der Waals surface area contributed by atoms with Crippen LogP contribution in [0.4, 0.5) is 0 Å². The van der Waals surface area contributed by atoms with Gasteiger partial charge in [-0.15, -0.1) is 0 Å². The molecule has 9 heteroatoms. The van der Waals surface area contributed by atoms with E-state index in [1.165, 1.54) is 0 Å². The highest BCUT2D eigenvalue weighted by Gasteiger charge is 2.34. The third-order valence-electron chi connectivity index (χ3n) is 5.13. The van der Waals surface area contributed by atoms with Gasteiger partial charge in [0.1, 0.15) is 5.58 Å². The number of sulfone groups is 1. The normalized spacial score (nSPS) is 18.1. The third-order valence-corrected chi connectivity index (χ3v) is 7.38. The monoisotopic (exact) mass is 485 g/mol. The Morgan fingerprint density at radius 1 is 1.34 bits per heavy atom. The Morgan fingerprint density at radius 2 is 2.10 bits per heavy atom. The number of carbonyl (C=O) groups excluding carboxylic acids is 2. The average Bonchev–Trinajstić information content (AvgIpc) is 3.19. The van der Waals surface area contributed by atoms with Gasteiger partial charge in [-0.3, -0.25) is 4.79 Å². The maximum atomic E-state index is 12.7. The number of hydrogen-bond donors (Lipinski definition) is 0. The van der Waals surface area contributed by atoms with Crippen molar-refractivity contribution in [1.29, 1.82) is 0 Å². The van der Waals surface area contributed by atoms with Crippen LogP contribution in [-0.2, 0) is 19.4 Å². The van der Waals surface area contributed by atoms with Crippen LogP contribution in [0.5, 0.6) is 0 Å². The molecule has 1 fully saturated rings. The molecule has 0 spiro atoms. The summed E-state index contributed by atoms with van der Waals surface area (Å²) in [4.78, 5) is 26.7. The molecule has 0 bridgehead atoms. The summed E-state index contributed by atoms with van der Waals surface area (Å²) in [5.74, 6) is -0.979. The zero-order chi connectivity index (χ0) is 21.2. The summed E-state index contributed by atoms with van der Waals surface area (Å²) in [6.45, 7) is 3.76. The first-order valence-corrected chi connectivity index (χ1v) is 12.2. The van der Waals surface area contributed by atoms with Gasteiger partial charge in [0.15, 0.2) is 16.4 Å². The predicted octanol–water partition coefficient (Wildman–Crippen LogP) is 3.48. The molecule has 2 heterocycles. The lowest BCUT2D eigenvalue weighted by Crippen LogP contribution is -2.43. The van der Waals surface area contributed by atoms with Gasteiger partial charge in [0, 0.05) is 28.0 Å². The Morgan fingerprint density at radius 3 is 2.76 bits per heavy atom. The van der Waals surface area contributed by atoms with Crippen LogP contribution in [0.15, 0.2) is 27.1 Å². The van der Waals surface area contributed by atoms with E-state index in [1.807, 2.05) is 19.1 Å². The number of carbonyl (C=O) groups is 2. The Balaban J connectivity index is 1.69. The van der Waals surface area contributed by atoms with E-state index in [1.54, 1.807) is 17.9 Å². The van der Waals surface area contributed by atoms with Crippen molar-refractivity contribution in [3.63, 3.8) is 0 Å². The van der Waals surface area contributed by atoms with Crippen molar-refractivity contribution in [3.8, 4) is 0 Å². The Bertz CT molecular complexity index is 1030. The maximum absolute atomic E-state index is 12.7. The topological polar surface area (TPSA) is 93.9 Å². The molecule has 0 radical (unpaired) electrons. The SMILES string of the molecule is CCCCN(C(=O)COC(=O)c1oc2ccc(Br)cc2c1C)C1CCS(=O)(=O)C1. The first-order chi connectivity index (χ1) is 13.7. The zero-order valence-corrected chi connectivity index (χ0v) is 18.8. The molecule has 3 rings (SSSR count). The van der Waals surface area contributed by atoms with E-state index in [9.17, 15) is 18.0 Å². The zero-order valence-electron chi connectivity index (χ0n) is 16.4. The quantitative estimate of drug-likeness (QED) is 0.557. The lowest BCUT2D eigenvalue weighted by Gasteiger charge is -2.28. The molecule has 0 aliphatic carbocycles. The number of unbranched alkanes of at least 4 members (excludes halogenated alkanes) is 1. The molecule has 29 heavy (non-hydrogen) atoms. The fourth-order valence-corrected chi connectivity index (χ4v) is 5.62. The van der Waals surface area contributed by atoms with E-state index in [-0.39, 0.29) is 29.2 Å². The van der Waals surface area contributed by atoms with Crippen LogP contribution in [0.2, 0.25) is 0 Å². The second kappa shape index (κ2) is 8.87. The summed E-state index contributed by atoms with van der Waals surface area (Å²) in [6.07, 6.45) is 2.05. The van der Waals surface area contributed by atoms with Gasteiger partial charge >= 0.3 is 5.97 Å². The van der Waals surface area contributed by atoms with Gasteiger partial charge in [-0.1, -0.05) is 29.3 Å². The van der Waals surface area contributed by atoms with Crippen molar-refractivity contribution in [2.45, 2.75) is 39.2 Å². The highest BCUT2D eigenvalue weighted by Crippen LogP contribution is 2.28. The second-order valence-electron chi connectivity index (χ2n) is 7.27. The van der Waals surface area contributed by atoms with Gasteiger partial charge < -0.3 is 14.1 Å². The highest BCUT2D eigenvalue weighted by molar-refractivity contribution is 9.10. The summed E-state index contributed by atoms with van der Waals surface area (Å²) < 4.78 is 35.3. The molecule has 158 valence electrons. The van der Waals surface area contributed by atoms with Crippen molar-refractivity contribution in [1.82, 2.24) is 4.90 Å².